The highest BCUT2D eigenvalue weighted by Gasteiger charge is 2.41. The van der Waals surface area contributed by atoms with Crippen LogP contribution in [0.15, 0.2) is 48.5 Å². The minimum atomic E-state index is -0.997. The summed E-state index contributed by atoms with van der Waals surface area (Å²) in [6.45, 7) is 3.82. The zero-order chi connectivity index (χ0) is 25.5. The maximum atomic E-state index is 13.4. The number of urea groups is 1. The van der Waals surface area contributed by atoms with Gasteiger partial charge in [0, 0.05) is 30.9 Å². The number of hydrogen-bond acceptors (Lipinski definition) is 4. The molecule has 4 rings (SSSR count). The number of ether oxygens (including phenoxy) is 1. The first-order valence-electron chi connectivity index (χ1n) is 13.3. The highest BCUT2D eigenvalue weighted by molar-refractivity contribution is 5.89. The maximum Gasteiger partial charge on any atom is 0.319 e. The number of amides is 2. The molecule has 1 saturated carbocycles. The molecule has 3 N–H and O–H groups in total. The molecule has 2 amide bonds. The van der Waals surface area contributed by atoms with E-state index in [0.717, 1.165) is 45.1 Å². The van der Waals surface area contributed by atoms with Crippen LogP contribution in [-0.2, 0) is 0 Å². The zero-order valence-electron chi connectivity index (χ0n) is 21.5. The Morgan fingerprint density at radius 1 is 1.14 bits per heavy atom. The molecule has 1 heterocycles. The lowest BCUT2D eigenvalue weighted by atomic mass is 9.75. The van der Waals surface area contributed by atoms with Gasteiger partial charge in [-0.3, -0.25) is 4.90 Å². The smallest absolute Gasteiger partial charge is 0.319 e. The van der Waals surface area contributed by atoms with Crippen LogP contribution in [0.5, 0.6) is 5.75 Å². The van der Waals surface area contributed by atoms with Gasteiger partial charge in [0.15, 0.2) is 0 Å². The van der Waals surface area contributed by atoms with Crippen LogP contribution in [0.25, 0.3) is 0 Å². The van der Waals surface area contributed by atoms with E-state index in [4.69, 9.17) is 4.74 Å². The van der Waals surface area contributed by atoms with Gasteiger partial charge in [-0.05, 0) is 80.8 Å². The molecular weight excluding hydrogens is 457 g/mol. The number of carbonyl (C=O) groups is 1. The Balaban J connectivity index is 1.39. The summed E-state index contributed by atoms with van der Waals surface area (Å²) in [7, 11) is 1.59. The number of nitrogens with zero attached hydrogens (tertiary/aromatic N) is 1. The SMILES string of the molecule is COc1cccc(NC(=O)NC[C@@](O)(CN2CCC(c3ccc(F)cc3)CC2C)C2CCCCC2)c1. The van der Waals surface area contributed by atoms with Crippen LogP contribution in [0.3, 0.4) is 0 Å². The van der Waals surface area contributed by atoms with Gasteiger partial charge in [-0.15, -0.1) is 0 Å². The van der Waals surface area contributed by atoms with Gasteiger partial charge in [-0.1, -0.05) is 37.5 Å². The molecule has 2 aromatic rings. The summed E-state index contributed by atoms with van der Waals surface area (Å²) < 4.78 is 18.6. The number of anilines is 1. The first kappa shape index (κ1) is 26.4. The van der Waals surface area contributed by atoms with Crippen LogP contribution in [0.2, 0.25) is 0 Å². The molecule has 2 unspecified atom stereocenters. The van der Waals surface area contributed by atoms with E-state index in [1.807, 2.05) is 30.3 Å². The predicted molar refractivity (Wildman–Crippen MR) is 141 cm³/mol. The Bertz CT molecular complexity index is 996. The summed E-state index contributed by atoms with van der Waals surface area (Å²) in [6.07, 6.45) is 7.34. The molecule has 36 heavy (non-hydrogen) atoms. The van der Waals surface area contributed by atoms with E-state index >= 15 is 0 Å². The van der Waals surface area contributed by atoms with Crippen LogP contribution < -0.4 is 15.4 Å². The molecule has 2 aromatic carbocycles. The number of nitrogens with one attached hydrogen (secondary N) is 2. The van der Waals surface area contributed by atoms with E-state index in [-0.39, 0.29) is 30.4 Å². The Morgan fingerprint density at radius 2 is 1.89 bits per heavy atom. The molecule has 196 valence electrons. The molecule has 0 aromatic heterocycles. The number of halogens is 1. The normalized spacial score (nSPS) is 23.0. The third kappa shape index (κ3) is 6.77. The van der Waals surface area contributed by atoms with E-state index in [0.29, 0.717) is 23.9 Å². The number of methoxy groups -OCH3 is 1. The van der Waals surface area contributed by atoms with E-state index in [1.165, 1.54) is 24.1 Å². The van der Waals surface area contributed by atoms with Crippen molar-refractivity contribution in [3.05, 3.63) is 59.9 Å². The minimum Gasteiger partial charge on any atom is -0.497 e. The third-order valence-corrected chi connectivity index (χ3v) is 8.08. The summed E-state index contributed by atoms with van der Waals surface area (Å²) in [5, 5.41) is 17.8. The Labute approximate surface area is 214 Å². The summed E-state index contributed by atoms with van der Waals surface area (Å²) >= 11 is 0. The average molecular weight is 498 g/mol. The van der Waals surface area contributed by atoms with E-state index in [1.54, 1.807) is 13.2 Å². The van der Waals surface area contributed by atoms with Gasteiger partial charge >= 0.3 is 6.03 Å². The number of β-amino-alcohol motifs (C(OH)–C–C–N with tert-alkyl or cyclic N) is 1. The van der Waals surface area contributed by atoms with Crippen molar-refractivity contribution in [2.24, 2.45) is 5.92 Å². The van der Waals surface area contributed by atoms with Crippen molar-refractivity contribution in [1.82, 2.24) is 10.2 Å². The topological polar surface area (TPSA) is 73.8 Å². The van der Waals surface area contributed by atoms with Crippen molar-refractivity contribution in [3.8, 4) is 5.75 Å². The van der Waals surface area contributed by atoms with Crippen molar-refractivity contribution in [1.29, 1.82) is 0 Å². The third-order valence-electron chi connectivity index (χ3n) is 8.08. The predicted octanol–water partition coefficient (Wildman–Crippen LogP) is 5.54. The molecule has 0 spiro atoms. The highest BCUT2D eigenvalue weighted by Crippen LogP contribution is 2.37. The van der Waals surface area contributed by atoms with Crippen LogP contribution >= 0.6 is 0 Å². The van der Waals surface area contributed by atoms with Gasteiger partial charge in [0.05, 0.1) is 12.7 Å². The lowest BCUT2D eigenvalue weighted by Gasteiger charge is -2.46. The molecule has 1 saturated heterocycles. The number of rotatable bonds is 8. The fraction of sp³-hybridized carbons (Fsp3) is 0.552. The molecule has 0 radical (unpaired) electrons. The van der Waals surface area contributed by atoms with Crippen molar-refractivity contribution >= 4 is 11.7 Å². The highest BCUT2D eigenvalue weighted by atomic mass is 19.1. The lowest BCUT2D eigenvalue weighted by molar-refractivity contribution is -0.0662. The summed E-state index contributed by atoms with van der Waals surface area (Å²) in [6, 6.07) is 14.0. The largest absolute Gasteiger partial charge is 0.497 e. The van der Waals surface area contributed by atoms with E-state index in [2.05, 4.69) is 22.5 Å². The second-order valence-electron chi connectivity index (χ2n) is 10.6. The lowest BCUT2D eigenvalue weighted by Crippen LogP contribution is -2.58. The van der Waals surface area contributed by atoms with Gasteiger partial charge in [0.25, 0.3) is 0 Å². The maximum absolute atomic E-state index is 13.4. The Hall–Kier alpha value is -2.64. The summed E-state index contributed by atoms with van der Waals surface area (Å²) in [5.41, 5.74) is 0.828. The molecule has 0 bridgehead atoms. The molecule has 2 aliphatic rings. The first-order chi connectivity index (χ1) is 17.4. The molecule has 6 nitrogen and oxygen atoms in total. The fourth-order valence-electron chi connectivity index (χ4n) is 5.92. The van der Waals surface area contributed by atoms with Crippen molar-refractivity contribution in [2.45, 2.75) is 69.4 Å². The van der Waals surface area contributed by atoms with Crippen LogP contribution in [0.1, 0.15) is 63.4 Å². The van der Waals surface area contributed by atoms with Gasteiger partial charge in [0.2, 0.25) is 0 Å². The van der Waals surface area contributed by atoms with Crippen molar-refractivity contribution in [2.75, 3.05) is 32.1 Å². The standard InChI is InChI=1S/C29H40FN3O3/c1-21-17-23(22-11-13-25(30)14-12-22)15-16-33(21)20-29(35,24-7-4-3-5-8-24)19-31-28(34)32-26-9-6-10-27(18-26)36-2/h6,9-14,18,21,23-24,35H,3-5,7-8,15-17,19-20H2,1-2H3,(H2,31,32,34)/t21?,23?,29-/m1/s1. The van der Waals surface area contributed by atoms with Crippen LogP contribution in [0, 0.1) is 11.7 Å². The molecule has 3 atom stereocenters. The van der Waals surface area contributed by atoms with Gasteiger partial charge < -0.3 is 20.5 Å². The minimum absolute atomic E-state index is 0.158. The van der Waals surface area contributed by atoms with Gasteiger partial charge in [-0.25, -0.2) is 9.18 Å². The number of hydrogen-bond donors (Lipinski definition) is 3. The number of piperidine rings is 1. The van der Waals surface area contributed by atoms with Crippen LogP contribution in [-0.4, -0.2) is 54.4 Å². The zero-order valence-corrected chi connectivity index (χ0v) is 21.5. The van der Waals surface area contributed by atoms with Crippen molar-refractivity contribution < 1.29 is 19.0 Å². The molecule has 7 heteroatoms. The quantitative estimate of drug-likeness (QED) is 0.448. The number of aliphatic hydroxyl groups is 1. The molecule has 1 aliphatic carbocycles. The van der Waals surface area contributed by atoms with Crippen LogP contribution in [0.4, 0.5) is 14.9 Å². The molecule has 2 fully saturated rings. The number of carbonyl (C=O) groups excluding carboxylic acids is 1. The number of likely N-dealkylation sites (tertiary alicyclic amines) is 1. The Morgan fingerprint density at radius 3 is 2.58 bits per heavy atom. The summed E-state index contributed by atoms with van der Waals surface area (Å²) in [5.74, 6) is 1.02. The summed E-state index contributed by atoms with van der Waals surface area (Å²) in [4.78, 5) is 15.1. The first-order valence-corrected chi connectivity index (χ1v) is 13.3. The van der Waals surface area contributed by atoms with E-state index < -0.39 is 5.60 Å². The monoisotopic (exact) mass is 497 g/mol. The average Bonchev–Trinajstić information content (AvgIpc) is 2.90. The number of benzene rings is 2. The Kier molecular flexibility index (Phi) is 8.86. The van der Waals surface area contributed by atoms with Gasteiger partial charge in [-0.2, -0.15) is 0 Å². The van der Waals surface area contributed by atoms with Gasteiger partial charge in [0.1, 0.15) is 11.6 Å². The molecular formula is C29H40FN3O3. The molecule has 1 aliphatic heterocycles. The second kappa shape index (κ2) is 12.1. The van der Waals surface area contributed by atoms with Crippen molar-refractivity contribution in [3.63, 3.8) is 0 Å². The van der Waals surface area contributed by atoms with E-state index in [9.17, 15) is 14.3 Å². The fourth-order valence-corrected chi connectivity index (χ4v) is 5.92. The second-order valence-corrected chi connectivity index (χ2v) is 10.6.